The lowest BCUT2D eigenvalue weighted by molar-refractivity contribution is 0.655. The van der Waals surface area contributed by atoms with Crippen molar-refractivity contribution in [1.29, 1.82) is 0 Å². The van der Waals surface area contributed by atoms with E-state index in [1.165, 1.54) is 0 Å². The number of hydrogen-bond donors (Lipinski definition) is 0. The summed E-state index contributed by atoms with van der Waals surface area (Å²) in [5.41, 5.74) is 0.977. The summed E-state index contributed by atoms with van der Waals surface area (Å²) in [5, 5.41) is 0. The van der Waals surface area contributed by atoms with E-state index in [2.05, 4.69) is 6.92 Å². The molecule has 0 amide bonds. The average molecular weight is 211 g/mol. The lowest BCUT2D eigenvalue weighted by atomic mass is 10.3. The third kappa shape index (κ3) is 3.22. The van der Waals surface area contributed by atoms with Gasteiger partial charge in [0, 0.05) is 18.3 Å². The van der Waals surface area contributed by atoms with Crippen LogP contribution in [0.3, 0.4) is 0 Å². The molecule has 0 unspecified atom stereocenters. The van der Waals surface area contributed by atoms with E-state index in [9.17, 15) is 4.79 Å². The second-order valence-corrected chi connectivity index (χ2v) is 4.63. The van der Waals surface area contributed by atoms with Crippen molar-refractivity contribution < 1.29 is 0 Å². The molecule has 0 aliphatic heterocycles. The van der Waals surface area contributed by atoms with Crippen molar-refractivity contribution in [2.24, 2.45) is 0 Å². The summed E-state index contributed by atoms with van der Waals surface area (Å²) in [6, 6.07) is 3.79. The highest BCUT2D eigenvalue weighted by atomic mass is 32.2. The maximum atomic E-state index is 11.6. The van der Waals surface area contributed by atoms with Gasteiger partial charge in [0.15, 0.2) is 0 Å². The molecule has 0 aromatic carbocycles. The van der Waals surface area contributed by atoms with Gasteiger partial charge in [-0.2, -0.15) is 11.8 Å². The van der Waals surface area contributed by atoms with Crippen molar-refractivity contribution in [3.05, 3.63) is 34.2 Å². The molecule has 0 bridgehead atoms. The van der Waals surface area contributed by atoms with E-state index in [4.69, 9.17) is 0 Å². The average Bonchev–Trinajstić information content (AvgIpc) is 2.19. The molecule has 0 atom stereocenters. The van der Waals surface area contributed by atoms with Gasteiger partial charge in [-0.15, -0.1) is 0 Å². The second kappa shape index (κ2) is 5.91. The van der Waals surface area contributed by atoms with Crippen LogP contribution in [0.15, 0.2) is 23.1 Å². The predicted octanol–water partition coefficient (Wildman–Crippen LogP) is 2.30. The largest absolute Gasteiger partial charge is 0.315 e. The summed E-state index contributed by atoms with van der Waals surface area (Å²) >= 11 is 1.92. The molecule has 0 aliphatic rings. The monoisotopic (exact) mass is 211 g/mol. The number of thioether (sulfide) groups is 1. The van der Waals surface area contributed by atoms with Crippen LogP contribution in [-0.2, 0) is 6.54 Å². The fourth-order valence-corrected chi connectivity index (χ4v) is 1.94. The molecule has 0 saturated heterocycles. The molecule has 14 heavy (non-hydrogen) atoms. The highest BCUT2D eigenvalue weighted by Gasteiger charge is 1.97. The highest BCUT2D eigenvalue weighted by molar-refractivity contribution is 7.99. The summed E-state index contributed by atoms with van der Waals surface area (Å²) in [6.45, 7) is 4.86. The summed E-state index contributed by atoms with van der Waals surface area (Å²) < 4.78 is 1.80. The van der Waals surface area contributed by atoms with E-state index >= 15 is 0 Å². The van der Waals surface area contributed by atoms with Crippen molar-refractivity contribution in [1.82, 2.24) is 4.57 Å². The smallest absolute Gasteiger partial charge is 0.253 e. The van der Waals surface area contributed by atoms with Crippen molar-refractivity contribution in [2.45, 2.75) is 26.8 Å². The third-order valence-electron chi connectivity index (χ3n) is 2.10. The molecule has 0 aliphatic carbocycles. The number of aromatic nitrogens is 1. The molecule has 1 heterocycles. The van der Waals surface area contributed by atoms with E-state index in [1.807, 2.05) is 37.0 Å². The minimum atomic E-state index is 0.147. The Balaban J connectivity index is 2.51. The maximum absolute atomic E-state index is 11.6. The predicted molar refractivity (Wildman–Crippen MR) is 63.1 cm³/mol. The van der Waals surface area contributed by atoms with Crippen molar-refractivity contribution in [2.75, 3.05) is 11.5 Å². The summed E-state index contributed by atoms with van der Waals surface area (Å²) in [7, 11) is 0. The number of rotatable bonds is 5. The Hall–Kier alpha value is -0.700. The zero-order chi connectivity index (χ0) is 10.4. The quantitative estimate of drug-likeness (QED) is 0.697. The Kier molecular flexibility index (Phi) is 4.80. The summed E-state index contributed by atoms with van der Waals surface area (Å²) in [6.07, 6.45) is 2.94. The van der Waals surface area contributed by atoms with Gasteiger partial charge in [0.1, 0.15) is 0 Å². The first-order valence-corrected chi connectivity index (χ1v) is 6.15. The zero-order valence-electron chi connectivity index (χ0n) is 8.82. The van der Waals surface area contributed by atoms with Crippen LogP contribution in [0.5, 0.6) is 0 Å². The van der Waals surface area contributed by atoms with Gasteiger partial charge in [0.25, 0.3) is 5.56 Å². The second-order valence-electron chi connectivity index (χ2n) is 3.24. The van der Waals surface area contributed by atoms with Gasteiger partial charge in [-0.1, -0.05) is 13.0 Å². The summed E-state index contributed by atoms with van der Waals surface area (Å²) in [5.74, 6) is 2.29. The first-order chi connectivity index (χ1) is 6.75. The number of aryl methyl sites for hydroxylation is 2. The van der Waals surface area contributed by atoms with Gasteiger partial charge in [-0.05, 0) is 30.9 Å². The molecular weight excluding hydrogens is 194 g/mol. The van der Waals surface area contributed by atoms with E-state index in [1.54, 1.807) is 4.57 Å². The lowest BCUT2D eigenvalue weighted by Gasteiger charge is -2.05. The molecule has 0 fully saturated rings. The van der Waals surface area contributed by atoms with Crippen molar-refractivity contribution in [3.63, 3.8) is 0 Å². The SMILES string of the molecule is CCSCCCn1cccc(C)c1=O. The van der Waals surface area contributed by atoms with Gasteiger partial charge in [0.2, 0.25) is 0 Å². The molecule has 0 N–H and O–H groups in total. The molecule has 78 valence electrons. The maximum Gasteiger partial charge on any atom is 0.253 e. The Labute approximate surface area is 89.3 Å². The minimum absolute atomic E-state index is 0.147. The first-order valence-electron chi connectivity index (χ1n) is 4.99. The van der Waals surface area contributed by atoms with Crippen LogP contribution in [0.25, 0.3) is 0 Å². The first kappa shape index (κ1) is 11.4. The molecule has 1 aromatic rings. The van der Waals surface area contributed by atoms with Gasteiger partial charge in [0.05, 0.1) is 0 Å². The fourth-order valence-electron chi connectivity index (χ4n) is 1.31. The van der Waals surface area contributed by atoms with Crippen LogP contribution in [0.2, 0.25) is 0 Å². The normalized spacial score (nSPS) is 10.4. The van der Waals surface area contributed by atoms with Crippen LogP contribution in [-0.4, -0.2) is 16.1 Å². The van der Waals surface area contributed by atoms with Crippen LogP contribution in [0, 0.1) is 6.92 Å². The highest BCUT2D eigenvalue weighted by Crippen LogP contribution is 2.01. The molecule has 1 rings (SSSR count). The van der Waals surface area contributed by atoms with Gasteiger partial charge in [-0.25, -0.2) is 0 Å². The summed E-state index contributed by atoms with van der Waals surface area (Å²) in [4.78, 5) is 11.6. The van der Waals surface area contributed by atoms with E-state index in [0.717, 1.165) is 30.0 Å². The Bertz CT molecular complexity index is 332. The standard InChI is InChI=1S/C11H17NOS/c1-3-14-9-5-8-12-7-4-6-10(2)11(12)13/h4,6-7H,3,5,8-9H2,1-2H3. The molecular formula is C11H17NOS. The van der Waals surface area contributed by atoms with Gasteiger partial charge in [-0.3, -0.25) is 4.79 Å². The fraction of sp³-hybridized carbons (Fsp3) is 0.545. The van der Waals surface area contributed by atoms with E-state index in [0.29, 0.717) is 0 Å². The van der Waals surface area contributed by atoms with Gasteiger partial charge < -0.3 is 4.57 Å². The number of nitrogens with zero attached hydrogens (tertiary/aromatic N) is 1. The Morgan fingerprint density at radius 2 is 2.29 bits per heavy atom. The van der Waals surface area contributed by atoms with E-state index < -0.39 is 0 Å². The molecule has 2 nitrogen and oxygen atoms in total. The lowest BCUT2D eigenvalue weighted by Crippen LogP contribution is -2.21. The Morgan fingerprint density at radius 1 is 1.50 bits per heavy atom. The third-order valence-corrected chi connectivity index (χ3v) is 3.09. The topological polar surface area (TPSA) is 22.0 Å². The van der Waals surface area contributed by atoms with Crippen LogP contribution in [0.4, 0.5) is 0 Å². The van der Waals surface area contributed by atoms with Crippen LogP contribution < -0.4 is 5.56 Å². The molecule has 1 aromatic heterocycles. The van der Waals surface area contributed by atoms with Crippen LogP contribution >= 0.6 is 11.8 Å². The number of hydrogen-bond acceptors (Lipinski definition) is 2. The van der Waals surface area contributed by atoms with Crippen molar-refractivity contribution in [3.8, 4) is 0 Å². The molecule has 3 heteroatoms. The number of pyridine rings is 1. The molecule has 0 saturated carbocycles. The molecule has 0 radical (unpaired) electrons. The van der Waals surface area contributed by atoms with Gasteiger partial charge >= 0.3 is 0 Å². The van der Waals surface area contributed by atoms with Crippen LogP contribution in [0.1, 0.15) is 18.9 Å². The van der Waals surface area contributed by atoms with Crippen molar-refractivity contribution >= 4 is 11.8 Å². The molecule has 0 spiro atoms. The minimum Gasteiger partial charge on any atom is -0.315 e. The zero-order valence-corrected chi connectivity index (χ0v) is 9.64. The Morgan fingerprint density at radius 3 is 3.00 bits per heavy atom. The van der Waals surface area contributed by atoms with E-state index in [-0.39, 0.29) is 5.56 Å².